The molecule has 0 bridgehead atoms. The van der Waals surface area contributed by atoms with E-state index >= 15 is 0 Å². The predicted octanol–water partition coefficient (Wildman–Crippen LogP) is 2.26. The van der Waals surface area contributed by atoms with Gasteiger partial charge < -0.3 is 10.1 Å². The smallest absolute Gasteiger partial charge is 0.407 e. The summed E-state index contributed by atoms with van der Waals surface area (Å²) in [6.45, 7) is 0.462. The average Bonchev–Trinajstić information content (AvgIpc) is 2.47. The second-order valence-corrected chi connectivity index (χ2v) is 3.85. The maximum Gasteiger partial charge on any atom is 0.407 e. The van der Waals surface area contributed by atoms with Crippen LogP contribution < -0.4 is 5.32 Å². The van der Waals surface area contributed by atoms with E-state index in [1.165, 1.54) is 18.4 Å². The third kappa shape index (κ3) is 2.71. The molecule has 1 N–H and O–H groups in total. The van der Waals surface area contributed by atoms with E-state index in [0.717, 1.165) is 9.21 Å². The molecule has 1 amide bonds. The predicted molar refractivity (Wildman–Crippen MR) is 48.6 cm³/mol. The number of nitrogens with one attached hydrogen (secondary N) is 1. The van der Waals surface area contributed by atoms with Crippen LogP contribution in [0.4, 0.5) is 4.79 Å². The van der Waals surface area contributed by atoms with Crippen molar-refractivity contribution in [2.24, 2.45) is 0 Å². The summed E-state index contributed by atoms with van der Waals surface area (Å²) in [6, 6.07) is 3.66. The highest BCUT2D eigenvalue weighted by Crippen LogP contribution is 2.20. The molecule has 0 unspecified atom stereocenters. The first-order chi connectivity index (χ1) is 5.72. The van der Waals surface area contributed by atoms with Crippen LogP contribution in [0.1, 0.15) is 4.88 Å². The third-order valence-corrected chi connectivity index (χ3v) is 2.45. The molecule has 0 spiro atoms. The lowest BCUT2D eigenvalue weighted by molar-refractivity contribution is 0.170. The zero-order chi connectivity index (χ0) is 8.97. The molecule has 66 valence electrons. The number of carbonyl (C=O) groups excluding carboxylic acids is 1. The minimum absolute atomic E-state index is 0.431. The molecule has 1 heterocycles. The molecule has 1 rings (SSSR count). The largest absolute Gasteiger partial charge is 0.453 e. The van der Waals surface area contributed by atoms with Crippen molar-refractivity contribution in [3.63, 3.8) is 0 Å². The maximum atomic E-state index is 10.6. The number of halogens is 1. The zero-order valence-electron chi connectivity index (χ0n) is 6.46. The van der Waals surface area contributed by atoms with Gasteiger partial charge in [0.05, 0.1) is 18.0 Å². The van der Waals surface area contributed by atoms with Crippen molar-refractivity contribution in [1.29, 1.82) is 0 Å². The monoisotopic (exact) mass is 205 g/mol. The molecule has 3 nitrogen and oxygen atoms in total. The van der Waals surface area contributed by atoms with Crippen molar-refractivity contribution in [1.82, 2.24) is 5.32 Å². The summed E-state index contributed by atoms with van der Waals surface area (Å²) >= 11 is 7.12. The molecule has 5 heteroatoms. The van der Waals surface area contributed by atoms with Crippen LogP contribution in [0.25, 0.3) is 0 Å². The van der Waals surface area contributed by atoms with E-state index in [-0.39, 0.29) is 0 Å². The van der Waals surface area contributed by atoms with Gasteiger partial charge in [0.1, 0.15) is 0 Å². The Morgan fingerprint density at radius 2 is 2.50 bits per heavy atom. The Hall–Kier alpha value is -0.740. The molecule has 1 aromatic heterocycles. The molecule has 0 saturated heterocycles. The number of carbonyl (C=O) groups is 1. The Morgan fingerprint density at radius 1 is 1.75 bits per heavy atom. The lowest BCUT2D eigenvalue weighted by atomic mass is 10.5. The van der Waals surface area contributed by atoms with Gasteiger partial charge in [0.2, 0.25) is 0 Å². The van der Waals surface area contributed by atoms with Gasteiger partial charge in [-0.15, -0.1) is 11.3 Å². The average molecular weight is 206 g/mol. The minimum atomic E-state index is -0.431. The molecule has 1 aromatic rings. The Bertz CT molecular complexity index is 274. The number of rotatable bonds is 2. The standard InChI is InChI=1S/C7H8ClNO2S/c1-11-7(10)9-4-5-2-3-6(8)12-5/h2-3H,4H2,1H3,(H,9,10). The van der Waals surface area contributed by atoms with E-state index < -0.39 is 6.09 Å². The lowest BCUT2D eigenvalue weighted by Gasteiger charge is -1.99. The lowest BCUT2D eigenvalue weighted by Crippen LogP contribution is -2.21. The quantitative estimate of drug-likeness (QED) is 0.805. The van der Waals surface area contributed by atoms with Crippen LogP contribution in [0, 0.1) is 0 Å². The van der Waals surface area contributed by atoms with Crippen LogP contribution in [0.15, 0.2) is 12.1 Å². The third-order valence-electron chi connectivity index (χ3n) is 1.22. The molecular formula is C7H8ClNO2S. The van der Waals surface area contributed by atoms with Crippen molar-refractivity contribution < 1.29 is 9.53 Å². The number of methoxy groups -OCH3 is 1. The van der Waals surface area contributed by atoms with E-state index in [4.69, 9.17) is 11.6 Å². The van der Waals surface area contributed by atoms with E-state index in [0.29, 0.717) is 6.54 Å². The summed E-state index contributed by atoms with van der Waals surface area (Å²) in [5.41, 5.74) is 0. The molecule has 0 aliphatic carbocycles. The molecule has 0 aliphatic rings. The number of hydrogen-bond acceptors (Lipinski definition) is 3. The SMILES string of the molecule is COC(=O)NCc1ccc(Cl)s1. The fourth-order valence-electron chi connectivity index (χ4n) is 0.678. The van der Waals surface area contributed by atoms with Gasteiger partial charge in [-0.05, 0) is 12.1 Å². The summed E-state index contributed by atoms with van der Waals surface area (Å²) in [7, 11) is 1.33. The van der Waals surface area contributed by atoms with Gasteiger partial charge in [0.25, 0.3) is 0 Å². The first-order valence-electron chi connectivity index (χ1n) is 3.28. The van der Waals surface area contributed by atoms with Gasteiger partial charge in [0.15, 0.2) is 0 Å². The Balaban J connectivity index is 2.38. The Morgan fingerprint density at radius 3 is 3.00 bits per heavy atom. The fourth-order valence-corrected chi connectivity index (χ4v) is 1.71. The first kappa shape index (κ1) is 9.35. The van der Waals surface area contributed by atoms with Crippen LogP contribution in [0.2, 0.25) is 4.34 Å². The zero-order valence-corrected chi connectivity index (χ0v) is 8.04. The normalized spacial score (nSPS) is 9.50. The fraction of sp³-hybridized carbons (Fsp3) is 0.286. The number of amides is 1. The molecule has 12 heavy (non-hydrogen) atoms. The molecule has 0 aliphatic heterocycles. The van der Waals surface area contributed by atoms with Gasteiger partial charge in [0, 0.05) is 4.88 Å². The van der Waals surface area contributed by atoms with Crippen molar-refractivity contribution in [3.05, 3.63) is 21.3 Å². The van der Waals surface area contributed by atoms with Gasteiger partial charge in [-0.25, -0.2) is 4.79 Å². The van der Waals surface area contributed by atoms with Crippen molar-refractivity contribution in [2.45, 2.75) is 6.54 Å². The first-order valence-corrected chi connectivity index (χ1v) is 4.48. The topological polar surface area (TPSA) is 38.3 Å². The highest BCUT2D eigenvalue weighted by Gasteiger charge is 2.00. The van der Waals surface area contributed by atoms with Crippen molar-refractivity contribution >= 4 is 29.0 Å². The van der Waals surface area contributed by atoms with Crippen LogP contribution in [-0.4, -0.2) is 13.2 Å². The highest BCUT2D eigenvalue weighted by atomic mass is 35.5. The van der Waals surface area contributed by atoms with Crippen LogP contribution in [-0.2, 0) is 11.3 Å². The van der Waals surface area contributed by atoms with Crippen LogP contribution in [0.5, 0.6) is 0 Å². The molecule has 0 aromatic carbocycles. The molecule has 0 radical (unpaired) electrons. The highest BCUT2D eigenvalue weighted by molar-refractivity contribution is 7.16. The number of ether oxygens (including phenoxy) is 1. The molecule has 0 saturated carbocycles. The van der Waals surface area contributed by atoms with Gasteiger partial charge >= 0.3 is 6.09 Å². The van der Waals surface area contributed by atoms with E-state index in [9.17, 15) is 4.79 Å². The maximum absolute atomic E-state index is 10.6. The van der Waals surface area contributed by atoms with Crippen molar-refractivity contribution in [2.75, 3.05) is 7.11 Å². The summed E-state index contributed by atoms with van der Waals surface area (Å²) in [4.78, 5) is 11.6. The Labute approximate surface area is 79.3 Å². The second-order valence-electron chi connectivity index (χ2n) is 2.05. The number of alkyl carbamates (subject to hydrolysis) is 1. The van der Waals surface area contributed by atoms with E-state index in [1.807, 2.05) is 6.07 Å². The number of hydrogen-bond donors (Lipinski definition) is 1. The van der Waals surface area contributed by atoms with E-state index in [2.05, 4.69) is 10.1 Å². The van der Waals surface area contributed by atoms with Gasteiger partial charge in [-0.1, -0.05) is 11.6 Å². The molecule has 0 fully saturated rings. The molecular weight excluding hydrogens is 198 g/mol. The molecule has 0 atom stereocenters. The Kier molecular flexibility index (Phi) is 3.37. The summed E-state index contributed by atoms with van der Waals surface area (Å²) in [5, 5.41) is 2.55. The summed E-state index contributed by atoms with van der Waals surface area (Å²) in [6.07, 6.45) is -0.431. The summed E-state index contributed by atoms with van der Waals surface area (Å²) < 4.78 is 5.12. The van der Waals surface area contributed by atoms with Crippen molar-refractivity contribution in [3.8, 4) is 0 Å². The van der Waals surface area contributed by atoms with E-state index in [1.54, 1.807) is 6.07 Å². The van der Waals surface area contributed by atoms with Gasteiger partial charge in [-0.3, -0.25) is 0 Å². The second kappa shape index (κ2) is 4.33. The van der Waals surface area contributed by atoms with Gasteiger partial charge in [-0.2, -0.15) is 0 Å². The number of thiophene rings is 1. The van der Waals surface area contributed by atoms with Crippen LogP contribution >= 0.6 is 22.9 Å². The van der Waals surface area contributed by atoms with Crippen LogP contribution in [0.3, 0.4) is 0 Å². The summed E-state index contributed by atoms with van der Waals surface area (Å²) in [5.74, 6) is 0. The minimum Gasteiger partial charge on any atom is -0.453 e.